The maximum absolute atomic E-state index is 11.3. The maximum Gasteiger partial charge on any atom is 0.219 e. The quantitative estimate of drug-likeness (QED) is 0.814. The van der Waals surface area contributed by atoms with E-state index >= 15 is 0 Å². The third-order valence-electron chi connectivity index (χ3n) is 2.43. The predicted molar refractivity (Wildman–Crippen MR) is 73.4 cm³/mol. The normalized spacial score (nSPS) is 11.3. The van der Waals surface area contributed by atoms with Crippen molar-refractivity contribution in [1.29, 1.82) is 0 Å². The topological polar surface area (TPSA) is 56.3 Å². The number of pyridine rings is 1. The minimum Gasteiger partial charge on any atom is -0.439 e. The van der Waals surface area contributed by atoms with Crippen molar-refractivity contribution < 1.29 is 13.2 Å². The third kappa shape index (κ3) is 3.68. The lowest BCUT2D eigenvalue weighted by atomic mass is 10.3. The van der Waals surface area contributed by atoms with E-state index in [4.69, 9.17) is 16.3 Å². The molecule has 0 aliphatic heterocycles. The van der Waals surface area contributed by atoms with Gasteiger partial charge in [0.05, 0.1) is 4.90 Å². The lowest BCUT2D eigenvalue weighted by molar-refractivity contribution is 0.462. The van der Waals surface area contributed by atoms with E-state index in [1.807, 2.05) is 6.07 Å². The number of halogens is 1. The summed E-state index contributed by atoms with van der Waals surface area (Å²) in [5.74, 6) is 1.36. The summed E-state index contributed by atoms with van der Waals surface area (Å²) in [6, 6.07) is 9.71. The van der Waals surface area contributed by atoms with Crippen LogP contribution in [-0.2, 0) is 15.7 Å². The summed E-state index contributed by atoms with van der Waals surface area (Å²) in [5, 5.41) is 0. The lowest BCUT2D eigenvalue weighted by Gasteiger charge is -2.05. The van der Waals surface area contributed by atoms with E-state index in [0.717, 1.165) is 11.8 Å². The molecule has 4 nitrogen and oxygen atoms in total. The van der Waals surface area contributed by atoms with Gasteiger partial charge in [-0.05, 0) is 29.8 Å². The van der Waals surface area contributed by atoms with E-state index in [1.54, 1.807) is 24.4 Å². The fraction of sp³-hybridized carbons (Fsp3) is 0.154. The van der Waals surface area contributed by atoms with Crippen molar-refractivity contribution in [2.45, 2.75) is 10.8 Å². The molecule has 1 aromatic heterocycles. The highest BCUT2D eigenvalue weighted by atomic mass is 35.5. The van der Waals surface area contributed by atoms with E-state index in [9.17, 15) is 8.42 Å². The number of hydrogen-bond acceptors (Lipinski definition) is 4. The highest BCUT2D eigenvalue weighted by Gasteiger charge is 2.07. The van der Waals surface area contributed by atoms with Gasteiger partial charge in [-0.15, -0.1) is 11.6 Å². The predicted octanol–water partition coefficient (Wildman–Crippen LogP) is 3.02. The van der Waals surface area contributed by atoms with Crippen LogP contribution >= 0.6 is 11.6 Å². The molecule has 0 aliphatic carbocycles. The second-order valence-electron chi connectivity index (χ2n) is 3.98. The Labute approximate surface area is 116 Å². The number of aromatic nitrogens is 1. The van der Waals surface area contributed by atoms with Gasteiger partial charge in [-0.1, -0.05) is 6.07 Å². The van der Waals surface area contributed by atoms with E-state index in [2.05, 4.69) is 4.98 Å². The first-order valence-electron chi connectivity index (χ1n) is 5.48. The maximum atomic E-state index is 11.3. The Bertz CT molecular complexity index is 651. The molecular formula is C13H12ClNO3S. The average molecular weight is 298 g/mol. The van der Waals surface area contributed by atoms with Gasteiger partial charge in [0.25, 0.3) is 0 Å². The largest absolute Gasteiger partial charge is 0.439 e. The van der Waals surface area contributed by atoms with Crippen LogP contribution in [0.4, 0.5) is 0 Å². The fourth-order valence-corrected chi connectivity index (χ4v) is 2.21. The van der Waals surface area contributed by atoms with E-state index < -0.39 is 9.84 Å². The highest BCUT2D eigenvalue weighted by molar-refractivity contribution is 7.90. The molecule has 0 amide bonds. The fourth-order valence-electron chi connectivity index (χ4n) is 1.43. The Balaban J connectivity index is 2.15. The van der Waals surface area contributed by atoms with Gasteiger partial charge in [0.15, 0.2) is 9.84 Å². The van der Waals surface area contributed by atoms with Gasteiger partial charge in [0.1, 0.15) is 5.75 Å². The van der Waals surface area contributed by atoms with Gasteiger partial charge in [0.2, 0.25) is 5.88 Å². The van der Waals surface area contributed by atoms with Crippen molar-refractivity contribution >= 4 is 21.4 Å². The summed E-state index contributed by atoms with van der Waals surface area (Å²) < 4.78 is 28.1. The molecule has 0 saturated heterocycles. The summed E-state index contributed by atoms with van der Waals surface area (Å²) in [6.07, 6.45) is 2.79. The lowest BCUT2D eigenvalue weighted by Crippen LogP contribution is -1.96. The summed E-state index contributed by atoms with van der Waals surface area (Å²) in [4.78, 5) is 4.35. The van der Waals surface area contributed by atoms with Crippen molar-refractivity contribution in [3.8, 4) is 11.6 Å². The van der Waals surface area contributed by atoms with Crippen LogP contribution in [-0.4, -0.2) is 19.7 Å². The van der Waals surface area contributed by atoms with Gasteiger partial charge in [0, 0.05) is 24.4 Å². The molecule has 100 valence electrons. The van der Waals surface area contributed by atoms with Gasteiger partial charge in [-0.25, -0.2) is 13.4 Å². The monoisotopic (exact) mass is 297 g/mol. The van der Waals surface area contributed by atoms with E-state index in [1.165, 1.54) is 12.1 Å². The molecule has 0 spiro atoms. The molecule has 0 bridgehead atoms. The zero-order valence-electron chi connectivity index (χ0n) is 10.2. The van der Waals surface area contributed by atoms with Gasteiger partial charge < -0.3 is 4.74 Å². The number of nitrogens with zero attached hydrogens (tertiary/aromatic N) is 1. The van der Waals surface area contributed by atoms with Crippen LogP contribution in [0.5, 0.6) is 11.6 Å². The number of alkyl halides is 1. The van der Waals surface area contributed by atoms with E-state index in [0.29, 0.717) is 17.5 Å². The molecule has 0 aliphatic rings. The van der Waals surface area contributed by atoms with Crippen LogP contribution in [0.1, 0.15) is 5.56 Å². The molecule has 19 heavy (non-hydrogen) atoms. The standard InChI is InChI=1S/C13H12ClNO3S/c1-19(16,17)12-5-3-11(4-6-12)18-13-7-2-10(8-14)9-15-13/h2-7,9H,8H2,1H3. The summed E-state index contributed by atoms with van der Waals surface area (Å²) in [7, 11) is -3.19. The molecule has 6 heteroatoms. The van der Waals surface area contributed by atoms with E-state index in [-0.39, 0.29) is 4.90 Å². The van der Waals surface area contributed by atoms with Crippen LogP contribution in [0.2, 0.25) is 0 Å². The number of rotatable bonds is 4. The van der Waals surface area contributed by atoms with Crippen molar-refractivity contribution in [3.63, 3.8) is 0 Å². The Hall–Kier alpha value is -1.59. The van der Waals surface area contributed by atoms with Crippen LogP contribution in [0.25, 0.3) is 0 Å². The highest BCUT2D eigenvalue weighted by Crippen LogP contribution is 2.21. The molecular weight excluding hydrogens is 286 g/mol. The molecule has 1 heterocycles. The number of sulfone groups is 1. The van der Waals surface area contributed by atoms with Crippen molar-refractivity contribution in [2.24, 2.45) is 0 Å². The Morgan fingerprint density at radius 3 is 2.32 bits per heavy atom. The third-order valence-corrected chi connectivity index (χ3v) is 3.86. The molecule has 0 atom stereocenters. The molecule has 0 radical (unpaired) electrons. The molecule has 0 fully saturated rings. The van der Waals surface area contributed by atoms with Crippen molar-refractivity contribution in [3.05, 3.63) is 48.2 Å². The number of hydrogen-bond donors (Lipinski definition) is 0. The molecule has 1 aromatic carbocycles. The molecule has 0 N–H and O–H groups in total. The summed E-state index contributed by atoms with van der Waals surface area (Å²) in [5.41, 5.74) is 0.904. The minimum absolute atomic E-state index is 0.255. The smallest absolute Gasteiger partial charge is 0.219 e. The molecule has 0 saturated carbocycles. The summed E-state index contributed by atoms with van der Waals surface area (Å²) >= 11 is 5.66. The van der Waals surface area contributed by atoms with Gasteiger partial charge in [-0.2, -0.15) is 0 Å². The molecule has 2 aromatic rings. The molecule has 0 unspecified atom stereocenters. The van der Waals surface area contributed by atoms with Crippen LogP contribution in [0, 0.1) is 0 Å². The molecule has 2 rings (SSSR count). The average Bonchev–Trinajstić information content (AvgIpc) is 2.39. The van der Waals surface area contributed by atoms with Crippen molar-refractivity contribution in [1.82, 2.24) is 4.98 Å². The zero-order chi connectivity index (χ0) is 13.9. The minimum atomic E-state index is -3.19. The van der Waals surface area contributed by atoms with Crippen LogP contribution in [0.3, 0.4) is 0 Å². The zero-order valence-corrected chi connectivity index (χ0v) is 11.8. The SMILES string of the molecule is CS(=O)(=O)c1ccc(Oc2ccc(CCl)cn2)cc1. The Kier molecular flexibility index (Phi) is 4.07. The Morgan fingerprint density at radius 1 is 1.16 bits per heavy atom. The van der Waals surface area contributed by atoms with Gasteiger partial charge >= 0.3 is 0 Å². The Morgan fingerprint density at radius 2 is 1.84 bits per heavy atom. The van der Waals surface area contributed by atoms with Crippen molar-refractivity contribution in [2.75, 3.05) is 6.26 Å². The first kappa shape index (κ1) is 13.8. The second-order valence-corrected chi connectivity index (χ2v) is 6.27. The van der Waals surface area contributed by atoms with Crippen LogP contribution < -0.4 is 4.74 Å². The number of benzene rings is 1. The second kappa shape index (κ2) is 5.59. The first-order chi connectivity index (χ1) is 8.99. The number of ether oxygens (including phenoxy) is 1. The first-order valence-corrected chi connectivity index (χ1v) is 7.90. The summed E-state index contributed by atoms with van der Waals surface area (Å²) in [6.45, 7) is 0. The van der Waals surface area contributed by atoms with Gasteiger partial charge in [-0.3, -0.25) is 0 Å². The van der Waals surface area contributed by atoms with Crippen LogP contribution in [0.15, 0.2) is 47.5 Å².